The van der Waals surface area contributed by atoms with Crippen LogP contribution in [-0.4, -0.2) is 19.2 Å². The van der Waals surface area contributed by atoms with E-state index in [1.54, 1.807) is 24.4 Å². The van der Waals surface area contributed by atoms with Crippen LogP contribution in [0.25, 0.3) is 10.9 Å². The van der Waals surface area contributed by atoms with E-state index < -0.39 is 9.84 Å². The third-order valence-corrected chi connectivity index (χ3v) is 6.41. The van der Waals surface area contributed by atoms with Gasteiger partial charge in [0.25, 0.3) is 0 Å². The third-order valence-electron chi connectivity index (χ3n) is 4.70. The van der Waals surface area contributed by atoms with Crippen LogP contribution in [0.2, 0.25) is 0 Å². The normalized spacial score (nSPS) is 11.0. The van der Waals surface area contributed by atoms with Gasteiger partial charge in [-0.05, 0) is 54.4 Å². The lowest BCUT2D eigenvalue weighted by Crippen LogP contribution is -2.10. The van der Waals surface area contributed by atoms with Gasteiger partial charge in [-0.2, -0.15) is 0 Å². The van der Waals surface area contributed by atoms with Crippen molar-refractivity contribution in [2.24, 2.45) is 0 Å². The van der Waals surface area contributed by atoms with Crippen molar-refractivity contribution in [1.82, 2.24) is 4.98 Å². The molecule has 1 heterocycles. The zero-order chi connectivity index (χ0) is 20.1. The van der Waals surface area contributed by atoms with Gasteiger partial charge >= 0.3 is 0 Å². The maximum absolute atomic E-state index is 12.9. The van der Waals surface area contributed by atoms with Crippen LogP contribution in [0.1, 0.15) is 16.7 Å². The quantitative estimate of drug-likeness (QED) is 0.471. The molecule has 0 amide bonds. The van der Waals surface area contributed by atoms with Crippen molar-refractivity contribution < 1.29 is 8.42 Å². The minimum absolute atomic E-state index is 0.0383. The Kier molecular flexibility index (Phi) is 5.41. The zero-order valence-corrected chi connectivity index (χ0v) is 16.6. The third kappa shape index (κ3) is 4.53. The summed E-state index contributed by atoms with van der Waals surface area (Å²) in [4.78, 5) is 4.64. The van der Waals surface area contributed by atoms with E-state index in [1.165, 1.54) is 0 Å². The van der Waals surface area contributed by atoms with E-state index in [2.05, 4.69) is 16.8 Å². The van der Waals surface area contributed by atoms with E-state index in [0.717, 1.165) is 22.0 Å². The number of aryl methyl sites for hydroxylation is 1. The van der Waals surface area contributed by atoms with Gasteiger partial charge in [-0.3, -0.25) is 4.98 Å². The van der Waals surface area contributed by atoms with E-state index in [4.69, 9.17) is 0 Å². The first kappa shape index (κ1) is 18.9. The zero-order valence-electron chi connectivity index (χ0n) is 15.7. The highest BCUT2D eigenvalue weighted by atomic mass is 32.2. The molecule has 4 rings (SSSR count). The Morgan fingerprint density at radius 3 is 2.34 bits per heavy atom. The first-order valence-electron chi connectivity index (χ1n) is 9.34. The molecule has 0 saturated carbocycles. The van der Waals surface area contributed by atoms with Crippen molar-refractivity contribution in [1.29, 1.82) is 0 Å². The predicted molar refractivity (Wildman–Crippen MR) is 116 cm³/mol. The monoisotopic (exact) mass is 397 g/mol. The van der Waals surface area contributed by atoms with Gasteiger partial charge in [0.15, 0.2) is 9.84 Å². The fraction of sp³-hybridized carbons (Fsp3) is 0.0800. The van der Waals surface area contributed by atoms with Gasteiger partial charge in [-0.1, -0.05) is 54.3 Å². The van der Waals surface area contributed by atoms with Crippen LogP contribution in [0.5, 0.6) is 0 Å². The lowest BCUT2D eigenvalue weighted by molar-refractivity contribution is 0.595. The van der Waals surface area contributed by atoms with Crippen LogP contribution in [0.3, 0.4) is 0 Å². The summed E-state index contributed by atoms with van der Waals surface area (Å²) >= 11 is 0. The van der Waals surface area contributed by atoms with Gasteiger partial charge in [-0.15, -0.1) is 0 Å². The molecule has 0 atom stereocenters. The first-order chi connectivity index (χ1) is 14.1. The molecule has 0 aliphatic heterocycles. The molecule has 3 aromatic carbocycles. The number of nitrogens with zero attached hydrogens (tertiary/aromatic N) is 1. The fourth-order valence-electron chi connectivity index (χ4n) is 3.17. The highest BCUT2D eigenvalue weighted by molar-refractivity contribution is 7.91. The lowest BCUT2D eigenvalue weighted by atomic mass is 10.1. The Labute approximate surface area is 171 Å². The van der Waals surface area contributed by atoms with E-state index in [9.17, 15) is 8.42 Å². The number of aromatic nitrogens is 1. The fourth-order valence-corrected chi connectivity index (χ4v) is 4.49. The lowest BCUT2D eigenvalue weighted by Gasteiger charge is -2.08. The summed E-state index contributed by atoms with van der Waals surface area (Å²) in [5, 5.41) is 0.993. The Morgan fingerprint density at radius 2 is 1.48 bits per heavy atom. The molecular formula is C25H19NO2S. The molecule has 0 unspecified atom stereocenters. The second kappa shape index (κ2) is 8.30. The minimum atomic E-state index is -3.42. The van der Waals surface area contributed by atoms with Crippen LogP contribution >= 0.6 is 0 Å². The SMILES string of the molecule is O=S(=O)(CCc1ccnc2ccccc12)c1cccc(C#Cc2ccccc2)c1. The molecule has 0 radical (unpaired) electrons. The Morgan fingerprint density at radius 1 is 0.759 bits per heavy atom. The number of pyridine rings is 1. The van der Waals surface area contributed by atoms with E-state index >= 15 is 0 Å². The summed E-state index contributed by atoms with van der Waals surface area (Å²) in [6.07, 6.45) is 2.16. The molecule has 142 valence electrons. The van der Waals surface area contributed by atoms with Crippen molar-refractivity contribution in [3.63, 3.8) is 0 Å². The molecule has 0 bridgehead atoms. The van der Waals surface area contributed by atoms with Crippen molar-refractivity contribution >= 4 is 20.7 Å². The molecule has 4 heteroatoms. The van der Waals surface area contributed by atoms with Crippen LogP contribution in [-0.2, 0) is 16.3 Å². The number of sulfone groups is 1. The van der Waals surface area contributed by atoms with Crippen molar-refractivity contribution in [2.75, 3.05) is 5.75 Å². The molecule has 29 heavy (non-hydrogen) atoms. The molecule has 3 nitrogen and oxygen atoms in total. The maximum Gasteiger partial charge on any atom is 0.178 e. The number of para-hydroxylation sites is 1. The van der Waals surface area contributed by atoms with E-state index in [0.29, 0.717) is 16.9 Å². The highest BCUT2D eigenvalue weighted by Crippen LogP contribution is 2.19. The minimum Gasteiger partial charge on any atom is -0.256 e. The van der Waals surface area contributed by atoms with E-state index in [-0.39, 0.29) is 5.75 Å². The molecule has 0 N–H and O–H groups in total. The van der Waals surface area contributed by atoms with Crippen LogP contribution in [0, 0.1) is 11.8 Å². The Bertz CT molecular complexity index is 1310. The summed E-state index contributed by atoms with van der Waals surface area (Å²) in [6, 6.07) is 26.1. The van der Waals surface area contributed by atoms with Gasteiger partial charge in [-0.25, -0.2) is 8.42 Å². The summed E-state index contributed by atoms with van der Waals surface area (Å²) in [6.45, 7) is 0. The van der Waals surface area contributed by atoms with Gasteiger partial charge in [0.1, 0.15) is 0 Å². The summed E-state index contributed by atoms with van der Waals surface area (Å²) in [5.74, 6) is 6.15. The van der Waals surface area contributed by atoms with Crippen LogP contribution in [0.15, 0.2) is 96.0 Å². The first-order valence-corrected chi connectivity index (χ1v) is 11.0. The number of hydrogen-bond acceptors (Lipinski definition) is 3. The molecule has 0 aliphatic carbocycles. The Hall–Kier alpha value is -3.42. The number of rotatable bonds is 4. The molecule has 1 aromatic heterocycles. The van der Waals surface area contributed by atoms with Crippen molar-refractivity contribution in [3.05, 3.63) is 108 Å². The summed E-state index contributed by atoms with van der Waals surface area (Å²) in [5.41, 5.74) is 3.44. The predicted octanol–water partition coefficient (Wildman–Crippen LogP) is 4.65. The molecule has 0 fully saturated rings. The van der Waals surface area contributed by atoms with Crippen LogP contribution < -0.4 is 0 Å². The molecule has 4 aromatic rings. The topological polar surface area (TPSA) is 47.0 Å². The second-order valence-corrected chi connectivity index (χ2v) is 8.81. The Balaban J connectivity index is 1.55. The van der Waals surface area contributed by atoms with Crippen molar-refractivity contribution in [3.8, 4) is 11.8 Å². The molecule has 0 spiro atoms. The summed E-state index contributed by atoms with van der Waals surface area (Å²) in [7, 11) is -3.42. The maximum atomic E-state index is 12.9. The second-order valence-electron chi connectivity index (χ2n) is 6.70. The average molecular weight is 397 g/mol. The van der Waals surface area contributed by atoms with Gasteiger partial charge in [0, 0.05) is 22.7 Å². The molecular weight excluding hydrogens is 378 g/mol. The van der Waals surface area contributed by atoms with E-state index in [1.807, 2.05) is 66.7 Å². The average Bonchev–Trinajstić information content (AvgIpc) is 2.77. The smallest absolute Gasteiger partial charge is 0.178 e. The standard InChI is InChI=1S/C25H19NO2S/c27-29(28,18-16-22-15-17-26-25-12-5-4-11-24(22)25)23-10-6-9-21(19-23)14-13-20-7-2-1-3-8-20/h1-12,15,17,19H,16,18H2. The van der Waals surface area contributed by atoms with Gasteiger partial charge < -0.3 is 0 Å². The molecule has 0 aliphatic rings. The van der Waals surface area contributed by atoms with Crippen molar-refractivity contribution in [2.45, 2.75) is 11.3 Å². The van der Waals surface area contributed by atoms with Gasteiger partial charge in [0.2, 0.25) is 0 Å². The number of benzene rings is 3. The molecule has 0 saturated heterocycles. The largest absolute Gasteiger partial charge is 0.256 e. The number of fused-ring (bicyclic) bond motifs is 1. The highest BCUT2D eigenvalue weighted by Gasteiger charge is 2.15. The van der Waals surface area contributed by atoms with Crippen LogP contribution in [0.4, 0.5) is 0 Å². The summed E-state index contributed by atoms with van der Waals surface area (Å²) < 4.78 is 25.8. The van der Waals surface area contributed by atoms with Gasteiger partial charge in [0.05, 0.1) is 16.2 Å². The number of hydrogen-bond donors (Lipinski definition) is 0.